The van der Waals surface area contributed by atoms with Crippen molar-refractivity contribution in [2.75, 3.05) is 32.1 Å². The number of nitrogens with zero attached hydrogens (tertiary/aromatic N) is 1. The Labute approximate surface area is 112 Å². The van der Waals surface area contributed by atoms with Gasteiger partial charge in [0.05, 0.1) is 18.7 Å². The van der Waals surface area contributed by atoms with E-state index in [2.05, 4.69) is 5.32 Å². The van der Waals surface area contributed by atoms with Crippen LogP contribution in [0.1, 0.15) is 12.8 Å². The molecule has 1 saturated heterocycles. The van der Waals surface area contributed by atoms with Gasteiger partial charge in [-0.25, -0.2) is 4.39 Å². The average Bonchev–Trinajstić information content (AvgIpc) is 2.46. The standard InChI is InChI=1S/C14H19FN2O2/c1-17(14(18)10-4-3-7-16-9-10)12-8-11(15)5-6-13(12)19-2/h5-6,8,10,16H,3-4,7,9H2,1-2H3. The Morgan fingerprint density at radius 3 is 2.95 bits per heavy atom. The number of anilines is 1. The summed E-state index contributed by atoms with van der Waals surface area (Å²) in [5.41, 5.74) is 0.470. The number of carbonyl (C=O) groups excluding carboxylic acids is 1. The monoisotopic (exact) mass is 266 g/mol. The first-order valence-corrected chi connectivity index (χ1v) is 6.45. The molecule has 104 valence electrons. The molecule has 2 rings (SSSR count). The Morgan fingerprint density at radius 2 is 2.32 bits per heavy atom. The molecule has 0 aromatic heterocycles. The molecule has 1 heterocycles. The van der Waals surface area contributed by atoms with Crippen LogP contribution in [0.3, 0.4) is 0 Å². The van der Waals surface area contributed by atoms with Crippen LogP contribution in [-0.4, -0.2) is 33.2 Å². The zero-order valence-electron chi connectivity index (χ0n) is 11.3. The fourth-order valence-corrected chi connectivity index (χ4v) is 2.38. The van der Waals surface area contributed by atoms with E-state index in [4.69, 9.17) is 4.74 Å². The third kappa shape index (κ3) is 3.04. The summed E-state index contributed by atoms with van der Waals surface area (Å²) in [6.45, 7) is 1.64. The summed E-state index contributed by atoms with van der Waals surface area (Å²) in [6.07, 6.45) is 1.86. The van der Waals surface area contributed by atoms with Gasteiger partial charge in [-0.05, 0) is 31.5 Å². The minimum atomic E-state index is -0.378. The van der Waals surface area contributed by atoms with E-state index in [1.54, 1.807) is 7.05 Å². The molecule has 0 spiro atoms. The Bertz CT molecular complexity index is 459. The molecule has 0 bridgehead atoms. The molecule has 1 unspecified atom stereocenters. The number of carbonyl (C=O) groups is 1. The van der Waals surface area contributed by atoms with Gasteiger partial charge in [0.25, 0.3) is 0 Å². The van der Waals surface area contributed by atoms with E-state index in [1.807, 2.05) is 0 Å². The lowest BCUT2D eigenvalue weighted by Crippen LogP contribution is -2.41. The molecule has 0 radical (unpaired) electrons. The average molecular weight is 266 g/mol. The van der Waals surface area contributed by atoms with E-state index in [-0.39, 0.29) is 17.6 Å². The normalized spacial score (nSPS) is 19.0. The molecule has 1 atom stereocenters. The SMILES string of the molecule is COc1ccc(F)cc1N(C)C(=O)C1CCCNC1. The Balaban J connectivity index is 2.20. The molecule has 1 N–H and O–H groups in total. The Kier molecular flexibility index (Phi) is 4.37. The summed E-state index contributed by atoms with van der Waals surface area (Å²) in [7, 11) is 3.17. The number of piperidine rings is 1. The number of nitrogens with one attached hydrogen (secondary N) is 1. The zero-order chi connectivity index (χ0) is 13.8. The van der Waals surface area contributed by atoms with Crippen LogP contribution < -0.4 is 15.0 Å². The molecule has 1 fully saturated rings. The van der Waals surface area contributed by atoms with E-state index in [1.165, 1.54) is 30.2 Å². The largest absolute Gasteiger partial charge is 0.495 e. The van der Waals surface area contributed by atoms with E-state index < -0.39 is 0 Å². The van der Waals surface area contributed by atoms with Gasteiger partial charge in [-0.1, -0.05) is 0 Å². The second-order valence-electron chi connectivity index (χ2n) is 4.76. The topological polar surface area (TPSA) is 41.6 Å². The third-order valence-corrected chi connectivity index (χ3v) is 3.48. The van der Waals surface area contributed by atoms with Crippen molar-refractivity contribution in [3.8, 4) is 5.75 Å². The molecule has 0 saturated carbocycles. The highest BCUT2D eigenvalue weighted by molar-refractivity contribution is 5.96. The molecule has 1 aliphatic heterocycles. The third-order valence-electron chi connectivity index (χ3n) is 3.48. The van der Waals surface area contributed by atoms with E-state index in [9.17, 15) is 9.18 Å². The number of amides is 1. The zero-order valence-corrected chi connectivity index (χ0v) is 11.3. The number of benzene rings is 1. The fourth-order valence-electron chi connectivity index (χ4n) is 2.38. The van der Waals surface area contributed by atoms with Crippen LogP contribution in [-0.2, 0) is 4.79 Å². The molecular formula is C14H19FN2O2. The van der Waals surface area contributed by atoms with Crippen LogP contribution in [0.2, 0.25) is 0 Å². The number of hydrogen-bond donors (Lipinski definition) is 1. The second kappa shape index (κ2) is 6.02. The summed E-state index contributed by atoms with van der Waals surface area (Å²) >= 11 is 0. The van der Waals surface area contributed by atoms with Gasteiger partial charge in [0.15, 0.2) is 0 Å². The van der Waals surface area contributed by atoms with Gasteiger partial charge in [0.2, 0.25) is 5.91 Å². The van der Waals surface area contributed by atoms with Crippen molar-refractivity contribution in [3.63, 3.8) is 0 Å². The summed E-state index contributed by atoms with van der Waals surface area (Å²) in [4.78, 5) is 13.9. The molecule has 1 amide bonds. The van der Waals surface area contributed by atoms with Crippen molar-refractivity contribution in [2.24, 2.45) is 5.92 Å². The number of hydrogen-bond acceptors (Lipinski definition) is 3. The van der Waals surface area contributed by atoms with Crippen molar-refractivity contribution >= 4 is 11.6 Å². The molecular weight excluding hydrogens is 247 g/mol. The summed E-state index contributed by atoms with van der Waals surface area (Å²) in [5, 5.41) is 3.21. The van der Waals surface area contributed by atoms with Gasteiger partial charge in [0.1, 0.15) is 11.6 Å². The first-order chi connectivity index (χ1) is 9.13. The van der Waals surface area contributed by atoms with Gasteiger partial charge >= 0.3 is 0 Å². The molecule has 4 nitrogen and oxygen atoms in total. The first-order valence-electron chi connectivity index (χ1n) is 6.45. The van der Waals surface area contributed by atoms with Crippen LogP contribution in [0, 0.1) is 11.7 Å². The van der Waals surface area contributed by atoms with Crippen molar-refractivity contribution < 1.29 is 13.9 Å². The highest BCUT2D eigenvalue weighted by Crippen LogP contribution is 2.29. The minimum Gasteiger partial charge on any atom is -0.495 e. The molecule has 1 aromatic rings. The van der Waals surface area contributed by atoms with Gasteiger partial charge in [0, 0.05) is 19.7 Å². The highest BCUT2D eigenvalue weighted by atomic mass is 19.1. The number of rotatable bonds is 3. The van der Waals surface area contributed by atoms with E-state index in [0.717, 1.165) is 19.4 Å². The fraction of sp³-hybridized carbons (Fsp3) is 0.500. The summed E-state index contributed by atoms with van der Waals surface area (Å²) < 4.78 is 18.5. The maximum atomic E-state index is 13.3. The van der Waals surface area contributed by atoms with Gasteiger partial charge in [-0.2, -0.15) is 0 Å². The summed E-state index contributed by atoms with van der Waals surface area (Å²) in [6, 6.07) is 4.18. The van der Waals surface area contributed by atoms with Crippen LogP contribution in [0.25, 0.3) is 0 Å². The van der Waals surface area contributed by atoms with Gasteiger partial charge in [-0.15, -0.1) is 0 Å². The van der Waals surface area contributed by atoms with Crippen molar-refractivity contribution in [3.05, 3.63) is 24.0 Å². The molecule has 1 aliphatic rings. The Morgan fingerprint density at radius 1 is 1.53 bits per heavy atom. The number of ether oxygens (including phenoxy) is 1. The minimum absolute atomic E-state index is 0.00361. The molecule has 1 aromatic carbocycles. The maximum Gasteiger partial charge on any atom is 0.231 e. The van der Waals surface area contributed by atoms with E-state index >= 15 is 0 Å². The second-order valence-corrected chi connectivity index (χ2v) is 4.76. The lowest BCUT2D eigenvalue weighted by Gasteiger charge is -2.27. The predicted octanol–water partition coefficient (Wildman–Crippen LogP) is 1.80. The highest BCUT2D eigenvalue weighted by Gasteiger charge is 2.26. The van der Waals surface area contributed by atoms with Crippen LogP contribution in [0.4, 0.5) is 10.1 Å². The maximum absolute atomic E-state index is 13.3. The quantitative estimate of drug-likeness (QED) is 0.907. The van der Waals surface area contributed by atoms with Crippen LogP contribution >= 0.6 is 0 Å². The molecule has 0 aliphatic carbocycles. The molecule has 19 heavy (non-hydrogen) atoms. The van der Waals surface area contributed by atoms with Crippen molar-refractivity contribution in [2.45, 2.75) is 12.8 Å². The lowest BCUT2D eigenvalue weighted by atomic mass is 9.98. The Hall–Kier alpha value is -1.62. The van der Waals surface area contributed by atoms with Crippen molar-refractivity contribution in [1.29, 1.82) is 0 Å². The van der Waals surface area contributed by atoms with Crippen LogP contribution in [0.5, 0.6) is 5.75 Å². The smallest absolute Gasteiger partial charge is 0.231 e. The van der Waals surface area contributed by atoms with Gasteiger partial charge < -0.3 is 15.0 Å². The van der Waals surface area contributed by atoms with Gasteiger partial charge in [-0.3, -0.25) is 4.79 Å². The first kappa shape index (κ1) is 13.8. The summed E-state index contributed by atoms with van der Waals surface area (Å²) in [5.74, 6) is 0.0704. The van der Waals surface area contributed by atoms with E-state index in [0.29, 0.717) is 18.0 Å². The molecule has 5 heteroatoms. The van der Waals surface area contributed by atoms with Crippen molar-refractivity contribution in [1.82, 2.24) is 5.32 Å². The van der Waals surface area contributed by atoms with Crippen LogP contribution in [0.15, 0.2) is 18.2 Å². The number of methoxy groups -OCH3 is 1. The predicted molar refractivity (Wildman–Crippen MR) is 72.0 cm³/mol. The number of halogens is 1. The lowest BCUT2D eigenvalue weighted by molar-refractivity contribution is -0.122.